The van der Waals surface area contributed by atoms with Gasteiger partial charge in [0, 0.05) is 18.2 Å². The van der Waals surface area contributed by atoms with Crippen LogP contribution in [0, 0.1) is 11.6 Å². The second-order valence-corrected chi connectivity index (χ2v) is 4.31. The molecule has 0 heterocycles. The largest absolute Gasteiger partial charge is 0.326 e. The average Bonchev–Trinajstić information content (AvgIpc) is 2.43. The molecule has 0 aliphatic rings. The minimum atomic E-state index is -0.849. The van der Waals surface area contributed by atoms with Crippen LogP contribution >= 0.6 is 0 Å². The van der Waals surface area contributed by atoms with Crippen molar-refractivity contribution >= 4 is 23.2 Å². The average molecular weight is 290 g/mol. The Morgan fingerprint density at radius 3 is 2.00 bits per heavy atom. The first-order chi connectivity index (χ1) is 9.97. The molecule has 2 N–H and O–H groups in total. The molecule has 0 fully saturated rings. The highest BCUT2D eigenvalue weighted by Crippen LogP contribution is 2.19. The van der Waals surface area contributed by atoms with E-state index >= 15 is 0 Å². The highest BCUT2D eigenvalue weighted by atomic mass is 19.1. The van der Waals surface area contributed by atoms with Crippen molar-refractivity contribution in [1.82, 2.24) is 0 Å². The SMILES string of the molecule is CC(=O)Nc1ccc(C(=O)Nc2c(F)cccc2F)cc1. The van der Waals surface area contributed by atoms with Crippen molar-refractivity contribution in [3.63, 3.8) is 0 Å². The van der Waals surface area contributed by atoms with Gasteiger partial charge in [0.15, 0.2) is 0 Å². The van der Waals surface area contributed by atoms with Gasteiger partial charge in [0.1, 0.15) is 17.3 Å². The van der Waals surface area contributed by atoms with Gasteiger partial charge in [-0.05, 0) is 36.4 Å². The van der Waals surface area contributed by atoms with Crippen LogP contribution in [0.4, 0.5) is 20.2 Å². The predicted octanol–water partition coefficient (Wildman–Crippen LogP) is 3.18. The van der Waals surface area contributed by atoms with Crippen LogP contribution in [0.15, 0.2) is 42.5 Å². The first kappa shape index (κ1) is 14.6. The van der Waals surface area contributed by atoms with Crippen molar-refractivity contribution < 1.29 is 18.4 Å². The molecule has 0 saturated heterocycles. The normalized spacial score (nSPS) is 10.0. The third-order valence-electron chi connectivity index (χ3n) is 2.67. The van der Waals surface area contributed by atoms with E-state index in [2.05, 4.69) is 10.6 Å². The Bertz CT molecular complexity index is 664. The van der Waals surface area contributed by atoms with Crippen LogP contribution in [0.25, 0.3) is 0 Å². The van der Waals surface area contributed by atoms with Gasteiger partial charge in [-0.15, -0.1) is 0 Å². The summed E-state index contributed by atoms with van der Waals surface area (Å²) in [7, 11) is 0. The molecule has 6 heteroatoms. The molecule has 2 aromatic rings. The van der Waals surface area contributed by atoms with Gasteiger partial charge in [0.25, 0.3) is 5.91 Å². The first-order valence-corrected chi connectivity index (χ1v) is 6.10. The highest BCUT2D eigenvalue weighted by Gasteiger charge is 2.13. The summed E-state index contributed by atoms with van der Waals surface area (Å²) in [5, 5.41) is 4.73. The molecule has 2 aromatic carbocycles. The number of halogens is 2. The summed E-state index contributed by atoms with van der Waals surface area (Å²) >= 11 is 0. The topological polar surface area (TPSA) is 58.2 Å². The Hall–Kier alpha value is -2.76. The highest BCUT2D eigenvalue weighted by molar-refractivity contribution is 6.04. The van der Waals surface area contributed by atoms with Crippen molar-refractivity contribution in [2.45, 2.75) is 6.92 Å². The lowest BCUT2D eigenvalue weighted by molar-refractivity contribution is -0.114. The molecule has 2 rings (SSSR count). The summed E-state index contributed by atoms with van der Waals surface area (Å²) in [5.74, 6) is -2.58. The fourth-order valence-electron chi connectivity index (χ4n) is 1.71. The van der Waals surface area contributed by atoms with Gasteiger partial charge < -0.3 is 10.6 Å². The van der Waals surface area contributed by atoms with Crippen LogP contribution in [0.1, 0.15) is 17.3 Å². The molecule has 0 aliphatic heterocycles. The number of carbonyl (C=O) groups excluding carboxylic acids is 2. The van der Waals surface area contributed by atoms with E-state index in [1.165, 1.54) is 37.3 Å². The molecule has 21 heavy (non-hydrogen) atoms. The Morgan fingerprint density at radius 1 is 0.905 bits per heavy atom. The minimum absolute atomic E-state index is 0.215. The van der Waals surface area contributed by atoms with Crippen molar-refractivity contribution in [3.05, 3.63) is 59.7 Å². The number of para-hydroxylation sites is 1. The van der Waals surface area contributed by atoms with Gasteiger partial charge in [-0.1, -0.05) is 6.07 Å². The van der Waals surface area contributed by atoms with Crippen LogP contribution in [-0.4, -0.2) is 11.8 Å². The zero-order chi connectivity index (χ0) is 15.4. The maximum absolute atomic E-state index is 13.4. The van der Waals surface area contributed by atoms with E-state index in [0.717, 1.165) is 12.1 Å². The van der Waals surface area contributed by atoms with E-state index in [1.54, 1.807) is 0 Å². The quantitative estimate of drug-likeness (QED) is 0.912. The summed E-state index contributed by atoms with van der Waals surface area (Å²) in [5.41, 5.74) is 0.247. The molecule has 0 spiro atoms. The van der Waals surface area contributed by atoms with Gasteiger partial charge in [-0.25, -0.2) is 8.78 Å². The number of carbonyl (C=O) groups is 2. The molecule has 0 unspecified atom stereocenters. The molecule has 108 valence electrons. The fourth-order valence-corrected chi connectivity index (χ4v) is 1.71. The second-order valence-electron chi connectivity index (χ2n) is 4.31. The van der Waals surface area contributed by atoms with Crippen LogP contribution in [0.5, 0.6) is 0 Å². The molecule has 0 bridgehead atoms. The molecule has 0 aliphatic carbocycles. The van der Waals surface area contributed by atoms with Crippen LogP contribution in [0.3, 0.4) is 0 Å². The minimum Gasteiger partial charge on any atom is -0.326 e. The lowest BCUT2D eigenvalue weighted by Gasteiger charge is -2.08. The van der Waals surface area contributed by atoms with E-state index in [9.17, 15) is 18.4 Å². The molecular formula is C15H12F2N2O2. The van der Waals surface area contributed by atoms with Gasteiger partial charge in [0.05, 0.1) is 0 Å². The van der Waals surface area contributed by atoms with E-state index in [0.29, 0.717) is 5.69 Å². The summed E-state index contributed by atoms with van der Waals surface area (Å²) < 4.78 is 26.9. The zero-order valence-electron chi connectivity index (χ0n) is 11.1. The van der Waals surface area contributed by atoms with Gasteiger partial charge >= 0.3 is 0 Å². The lowest BCUT2D eigenvalue weighted by Crippen LogP contribution is -2.14. The van der Waals surface area contributed by atoms with E-state index in [1.807, 2.05) is 0 Å². The van der Waals surface area contributed by atoms with Crippen LogP contribution in [-0.2, 0) is 4.79 Å². The van der Waals surface area contributed by atoms with Crippen LogP contribution in [0.2, 0.25) is 0 Å². The Labute approximate surface area is 119 Å². The van der Waals surface area contributed by atoms with E-state index in [-0.39, 0.29) is 11.5 Å². The molecule has 0 aromatic heterocycles. The lowest BCUT2D eigenvalue weighted by atomic mass is 10.2. The second kappa shape index (κ2) is 6.13. The molecular weight excluding hydrogens is 278 g/mol. The summed E-state index contributed by atoms with van der Waals surface area (Å²) in [6.45, 7) is 1.36. The predicted molar refractivity (Wildman–Crippen MR) is 75.1 cm³/mol. The monoisotopic (exact) mass is 290 g/mol. The van der Waals surface area contributed by atoms with E-state index in [4.69, 9.17) is 0 Å². The van der Waals surface area contributed by atoms with Crippen molar-refractivity contribution in [3.8, 4) is 0 Å². The third kappa shape index (κ3) is 3.62. The summed E-state index contributed by atoms with van der Waals surface area (Å²) in [6.07, 6.45) is 0. The van der Waals surface area contributed by atoms with Crippen LogP contribution < -0.4 is 10.6 Å². The molecule has 0 atom stereocenters. The fraction of sp³-hybridized carbons (Fsp3) is 0.0667. The van der Waals surface area contributed by atoms with Crippen molar-refractivity contribution in [2.24, 2.45) is 0 Å². The first-order valence-electron chi connectivity index (χ1n) is 6.10. The maximum atomic E-state index is 13.4. The molecule has 2 amide bonds. The van der Waals surface area contributed by atoms with Crippen molar-refractivity contribution in [1.29, 1.82) is 0 Å². The molecule has 4 nitrogen and oxygen atoms in total. The number of nitrogens with one attached hydrogen (secondary N) is 2. The number of rotatable bonds is 3. The maximum Gasteiger partial charge on any atom is 0.255 e. The number of anilines is 2. The number of hydrogen-bond acceptors (Lipinski definition) is 2. The summed E-state index contributed by atoms with van der Waals surface area (Å²) in [6, 6.07) is 9.25. The van der Waals surface area contributed by atoms with Gasteiger partial charge in [0.2, 0.25) is 5.91 Å². The van der Waals surface area contributed by atoms with Crippen molar-refractivity contribution in [2.75, 3.05) is 10.6 Å². The Morgan fingerprint density at radius 2 is 1.48 bits per heavy atom. The smallest absolute Gasteiger partial charge is 0.255 e. The standard InChI is InChI=1S/C15H12F2N2O2/c1-9(20)18-11-7-5-10(6-8-11)15(21)19-14-12(16)3-2-4-13(14)17/h2-8H,1H3,(H,18,20)(H,19,21). The summed E-state index contributed by atoms with van der Waals surface area (Å²) in [4.78, 5) is 22.8. The molecule has 0 saturated carbocycles. The molecule has 0 radical (unpaired) electrons. The van der Waals surface area contributed by atoms with Gasteiger partial charge in [-0.2, -0.15) is 0 Å². The van der Waals surface area contributed by atoms with E-state index < -0.39 is 23.2 Å². The Kier molecular flexibility index (Phi) is 4.27. The number of hydrogen-bond donors (Lipinski definition) is 2. The number of benzene rings is 2. The zero-order valence-corrected chi connectivity index (χ0v) is 11.1. The Balaban J connectivity index is 2.15. The number of amides is 2. The van der Waals surface area contributed by atoms with Gasteiger partial charge in [-0.3, -0.25) is 9.59 Å². The third-order valence-corrected chi connectivity index (χ3v) is 2.67.